The Hall–Kier alpha value is -0.254. The Kier molecular flexibility index (Phi) is 6.16. The van der Waals surface area contributed by atoms with Crippen LogP contribution in [0.4, 0.5) is 4.39 Å². The minimum absolute atomic E-state index is 0. The summed E-state index contributed by atoms with van der Waals surface area (Å²) in [4.78, 5) is 0. The van der Waals surface area contributed by atoms with E-state index >= 15 is 0 Å². The van der Waals surface area contributed by atoms with Gasteiger partial charge in [0, 0.05) is 0 Å². The number of hydrogen-bond donors (Lipinski definition) is 0. The molecule has 0 heterocycles. The van der Waals surface area contributed by atoms with Gasteiger partial charge in [-0.25, -0.2) is 4.39 Å². The number of hydrogen-bond acceptors (Lipinski definition) is 0. The Balaban J connectivity index is 0.000000845. The van der Waals surface area contributed by atoms with E-state index < -0.39 is 0 Å². The topological polar surface area (TPSA) is 0 Å². The Labute approximate surface area is 109 Å². The molecule has 0 amide bonds. The van der Waals surface area contributed by atoms with E-state index in [-0.39, 0.29) is 45.9 Å². The average molecular weight is 263 g/mol. The van der Waals surface area contributed by atoms with Gasteiger partial charge >= 0.3 is 23.1 Å². The third-order valence-electron chi connectivity index (χ3n) is 1.84. The summed E-state index contributed by atoms with van der Waals surface area (Å²) in [5.74, 6) is -0.190. The van der Waals surface area contributed by atoms with Gasteiger partial charge in [0.05, 0.1) is 0 Å². The molecule has 0 fully saturated rings. The smallest absolute Gasteiger partial charge is 1.00 e. The van der Waals surface area contributed by atoms with Crippen LogP contribution in [-0.2, 0) is 0 Å². The van der Waals surface area contributed by atoms with Crippen molar-refractivity contribution in [3.8, 4) is 11.1 Å². The summed E-state index contributed by atoms with van der Waals surface area (Å²) in [6, 6.07) is 14.5. The molecule has 14 heavy (non-hydrogen) atoms. The Morgan fingerprint density at radius 3 is 1.93 bits per heavy atom. The van der Waals surface area contributed by atoms with E-state index in [0.29, 0.717) is 0 Å². The Morgan fingerprint density at radius 1 is 0.929 bits per heavy atom. The van der Waals surface area contributed by atoms with Crippen LogP contribution >= 0.6 is 0 Å². The fourth-order valence-corrected chi connectivity index (χ4v) is 1.21. The van der Waals surface area contributed by atoms with Gasteiger partial charge in [0.1, 0.15) is 5.82 Å². The van der Waals surface area contributed by atoms with Crippen molar-refractivity contribution in [1.82, 2.24) is 0 Å². The van der Waals surface area contributed by atoms with Gasteiger partial charge in [-0.2, -0.15) is 12.1 Å². The molecule has 0 radical (unpaired) electrons. The van der Waals surface area contributed by atoms with Crippen molar-refractivity contribution in [1.29, 1.82) is 0 Å². The van der Waals surface area contributed by atoms with Crippen LogP contribution in [0.5, 0.6) is 0 Å². The number of halogens is 2. The van der Waals surface area contributed by atoms with E-state index in [9.17, 15) is 4.39 Å². The van der Waals surface area contributed by atoms with Gasteiger partial charge in [0.15, 0.2) is 0 Å². The van der Waals surface area contributed by atoms with Gasteiger partial charge in [0.2, 0.25) is 0 Å². The van der Waals surface area contributed by atoms with Crippen molar-refractivity contribution in [2.45, 2.75) is 0 Å². The largest absolute Gasteiger partial charge is 2.00 e. The van der Waals surface area contributed by atoms with E-state index in [1.54, 1.807) is 12.1 Å². The summed E-state index contributed by atoms with van der Waals surface area (Å²) in [5.41, 5.74) is 2.19. The number of rotatable bonds is 1. The molecule has 0 saturated carbocycles. The van der Waals surface area contributed by atoms with E-state index in [1.165, 1.54) is 12.1 Å². The summed E-state index contributed by atoms with van der Waals surface area (Å²) in [5, 5.41) is 0. The fourth-order valence-electron chi connectivity index (χ4n) is 1.21. The Morgan fingerprint density at radius 2 is 1.43 bits per heavy atom. The van der Waals surface area contributed by atoms with E-state index in [0.717, 1.165) is 11.1 Å². The zero-order valence-corrected chi connectivity index (χ0v) is 10.6. The molecule has 0 N–H and O–H groups in total. The molecule has 3 heteroatoms. The van der Waals surface area contributed by atoms with Crippen LogP contribution in [0.25, 0.3) is 11.1 Å². The first-order chi connectivity index (χ1) is 5.86. The molecule has 68 valence electrons. The van der Waals surface area contributed by atoms with Crippen LogP contribution in [0.1, 0.15) is 0 Å². The molecule has 0 aliphatic heterocycles. The van der Waals surface area contributed by atoms with Crippen molar-refractivity contribution < 1.29 is 21.4 Å². The molecular weight excluding hydrogens is 255 g/mol. The molecule has 0 aliphatic carbocycles. The zero-order chi connectivity index (χ0) is 8.39. The second-order valence-corrected chi connectivity index (χ2v) is 2.68. The molecule has 2 aromatic rings. The average Bonchev–Trinajstić information content (AvgIpc) is 2.58. The molecule has 0 atom stereocenters. The first-order valence-corrected chi connectivity index (χ1v) is 3.84. The van der Waals surface area contributed by atoms with Gasteiger partial charge in [-0.1, -0.05) is 17.7 Å². The molecule has 0 unspecified atom stereocenters. The van der Waals surface area contributed by atoms with Gasteiger partial charge in [-0.15, -0.1) is 29.8 Å². The standard InChI is InChI=1S/C11H8F.BrH.Mg/c12-11-7-5-10(6-8-11)9-3-1-2-4-9;;/h1-8H;1H;/q-1;;+2/p-1. The molecule has 2 rings (SSSR count). The maximum atomic E-state index is 12.5. The summed E-state index contributed by atoms with van der Waals surface area (Å²) in [6.07, 6.45) is 0. The molecule has 0 spiro atoms. The first-order valence-electron chi connectivity index (χ1n) is 3.84. The summed E-state index contributed by atoms with van der Waals surface area (Å²) in [7, 11) is 0. The van der Waals surface area contributed by atoms with Gasteiger partial charge in [-0.3, -0.25) is 0 Å². The minimum atomic E-state index is -0.190. The first kappa shape index (κ1) is 13.7. The molecule has 0 saturated heterocycles. The Bertz CT molecular complexity index is 353. The molecule has 0 bridgehead atoms. The maximum absolute atomic E-state index is 12.5. The van der Waals surface area contributed by atoms with Crippen LogP contribution in [0.2, 0.25) is 0 Å². The van der Waals surface area contributed by atoms with Gasteiger partial charge in [0.25, 0.3) is 0 Å². The SMILES string of the molecule is Fc1ccc(-[c-]2cccc2)cc1.[Br-].[Mg+2]. The zero-order valence-electron chi connectivity index (χ0n) is 7.58. The summed E-state index contributed by atoms with van der Waals surface area (Å²) < 4.78 is 12.5. The third kappa shape index (κ3) is 3.15. The van der Waals surface area contributed by atoms with Crippen LogP contribution in [0.3, 0.4) is 0 Å². The van der Waals surface area contributed by atoms with Crippen molar-refractivity contribution in [3.63, 3.8) is 0 Å². The normalized spacial score (nSPS) is 8.64. The number of benzene rings is 1. The second-order valence-electron chi connectivity index (χ2n) is 2.68. The third-order valence-corrected chi connectivity index (χ3v) is 1.84. The molecule has 2 aromatic carbocycles. The van der Waals surface area contributed by atoms with Crippen LogP contribution in [-0.4, -0.2) is 23.1 Å². The van der Waals surface area contributed by atoms with Crippen molar-refractivity contribution in [2.24, 2.45) is 0 Å². The van der Waals surface area contributed by atoms with Crippen LogP contribution in [0, 0.1) is 5.82 Å². The molecular formula is C11H8BrFMg. The van der Waals surface area contributed by atoms with Gasteiger partial charge < -0.3 is 17.0 Å². The van der Waals surface area contributed by atoms with E-state index in [2.05, 4.69) is 0 Å². The monoisotopic (exact) mass is 262 g/mol. The van der Waals surface area contributed by atoms with Crippen LogP contribution in [0.15, 0.2) is 48.5 Å². The van der Waals surface area contributed by atoms with E-state index in [1.807, 2.05) is 24.3 Å². The predicted molar refractivity (Wildman–Crippen MR) is 53.2 cm³/mol. The molecule has 0 aromatic heterocycles. The molecule has 0 nitrogen and oxygen atoms in total. The quantitative estimate of drug-likeness (QED) is 0.495. The van der Waals surface area contributed by atoms with Crippen LogP contribution < -0.4 is 17.0 Å². The van der Waals surface area contributed by atoms with Crippen molar-refractivity contribution in [2.75, 3.05) is 0 Å². The van der Waals surface area contributed by atoms with Gasteiger partial charge in [-0.05, 0) is 0 Å². The fraction of sp³-hybridized carbons (Fsp3) is 0. The maximum Gasteiger partial charge on any atom is 2.00 e. The minimum Gasteiger partial charge on any atom is -1.00 e. The predicted octanol–water partition coefficient (Wildman–Crippen LogP) is -0.165. The van der Waals surface area contributed by atoms with E-state index in [4.69, 9.17) is 0 Å². The second kappa shape index (κ2) is 6.27. The van der Waals surface area contributed by atoms with Crippen molar-refractivity contribution in [3.05, 3.63) is 54.3 Å². The summed E-state index contributed by atoms with van der Waals surface area (Å²) >= 11 is 0. The molecule has 0 aliphatic rings. The van der Waals surface area contributed by atoms with Crippen molar-refractivity contribution >= 4 is 23.1 Å². The summed E-state index contributed by atoms with van der Waals surface area (Å²) in [6.45, 7) is 0.